The molecule has 2 aromatic carbocycles. The molecule has 9 heteroatoms. The number of benzene rings is 2. The van der Waals surface area contributed by atoms with E-state index in [9.17, 15) is 9.59 Å². The molecule has 0 atom stereocenters. The maximum atomic E-state index is 12.2. The average molecular weight is 543 g/mol. The second-order valence-electron chi connectivity index (χ2n) is 7.15. The van der Waals surface area contributed by atoms with Gasteiger partial charge in [0.2, 0.25) is 0 Å². The molecule has 0 radical (unpaired) electrons. The molecule has 0 unspecified atom stereocenters. The first-order valence-electron chi connectivity index (χ1n) is 8.65. The Morgan fingerprint density at radius 3 is 2.28 bits per heavy atom. The summed E-state index contributed by atoms with van der Waals surface area (Å²) in [6, 6.07) is 12.6. The molecule has 0 aliphatic rings. The van der Waals surface area contributed by atoms with Gasteiger partial charge < -0.3 is 4.74 Å². The highest BCUT2D eigenvalue weighted by molar-refractivity contribution is 9.11. The highest BCUT2D eigenvalue weighted by Gasteiger charge is 2.14. The summed E-state index contributed by atoms with van der Waals surface area (Å²) in [5.74, 6) is -0.299. The van der Waals surface area contributed by atoms with Crippen LogP contribution in [0.5, 0.6) is 5.75 Å². The van der Waals surface area contributed by atoms with Crippen molar-refractivity contribution in [2.75, 3.05) is 6.61 Å². The molecule has 0 aliphatic heterocycles. The van der Waals surface area contributed by atoms with Gasteiger partial charge in [-0.3, -0.25) is 25.8 Å². The van der Waals surface area contributed by atoms with Crippen molar-refractivity contribution in [1.29, 1.82) is 0 Å². The molecule has 2 aromatic rings. The molecule has 0 saturated carbocycles. The van der Waals surface area contributed by atoms with Crippen molar-refractivity contribution < 1.29 is 14.3 Å². The summed E-state index contributed by atoms with van der Waals surface area (Å²) in [5.41, 5.74) is 6.56. The molecule has 2 amide bonds. The van der Waals surface area contributed by atoms with Gasteiger partial charge in [0.15, 0.2) is 11.7 Å². The number of thiocarbonyl (C=S) groups is 1. The van der Waals surface area contributed by atoms with Gasteiger partial charge in [0.25, 0.3) is 11.8 Å². The van der Waals surface area contributed by atoms with Crippen molar-refractivity contribution in [2.45, 2.75) is 26.2 Å². The van der Waals surface area contributed by atoms with E-state index in [1.807, 2.05) is 18.2 Å². The molecule has 3 N–H and O–H groups in total. The van der Waals surface area contributed by atoms with Crippen LogP contribution in [0.4, 0.5) is 0 Å². The zero-order valence-corrected chi connectivity index (χ0v) is 20.1. The molecule has 2 rings (SSSR count). The summed E-state index contributed by atoms with van der Waals surface area (Å²) in [5, 5.41) is 2.40. The lowest BCUT2D eigenvalue weighted by molar-refractivity contribution is -0.121. The number of hydrogen-bond donors (Lipinski definition) is 3. The Morgan fingerprint density at radius 1 is 1.03 bits per heavy atom. The van der Waals surface area contributed by atoms with Gasteiger partial charge in [0.1, 0.15) is 5.75 Å². The van der Waals surface area contributed by atoms with E-state index in [0.717, 1.165) is 10.0 Å². The van der Waals surface area contributed by atoms with Crippen LogP contribution in [0, 0.1) is 0 Å². The third kappa shape index (κ3) is 7.41. The number of hydrazine groups is 1. The van der Waals surface area contributed by atoms with Crippen molar-refractivity contribution in [1.82, 2.24) is 16.2 Å². The molecule has 0 bridgehead atoms. The van der Waals surface area contributed by atoms with Gasteiger partial charge in [0.05, 0.1) is 4.47 Å². The number of rotatable bonds is 4. The fourth-order valence-corrected chi connectivity index (χ4v) is 3.56. The maximum absolute atomic E-state index is 12.2. The summed E-state index contributed by atoms with van der Waals surface area (Å²) >= 11 is 11.7. The summed E-state index contributed by atoms with van der Waals surface area (Å²) in [7, 11) is 0. The highest BCUT2D eigenvalue weighted by atomic mass is 79.9. The molecular weight excluding hydrogens is 522 g/mol. The van der Waals surface area contributed by atoms with Gasteiger partial charge in [-0.05, 0) is 69.5 Å². The molecule has 0 spiro atoms. The van der Waals surface area contributed by atoms with Crippen molar-refractivity contribution in [2.24, 2.45) is 0 Å². The fourth-order valence-electron chi connectivity index (χ4n) is 2.24. The molecule has 154 valence electrons. The predicted molar refractivity (Wildman–Crippen MR) is 124 cm³/mol. The van der Waals surface area contributed by atoms with Crippen LogP contribution in [0.25, 0.3) is 0 Å². The third-order valence-electron chi connectivity index (χ3n) is 3.81. The van der Waals surface area contributed by atoms with Gasteiger partial charge in [-0.2, -0.15) is 0 Å². The van der Waals surface area contributed by atoms with Gasteiger partial charge in [-0.1, -0.05) is 48.8 Å². The Labute approximate surface area is 192 Å². The van der Waals surface area contributed by atoms with E-state index in [0.29, 0.717) is 15.8 Å². The lowest BCUT2D eigenvalue weighted by atomic mass is 9.87. The molecule has 0 aromatic heterocycles. The molecule has 0 saturated heterocycles. The first kappa shape index (κ1) is 23.3. The van der Waals surface area contributed by atoms with Crippen LogP contribution < -0.4 is 20.9 Å². The molecule has 0 heterocycles. The Hall–Kier alpha value is -1.97. The van der Waals surface area contributed by atoms with E-state index in [2.05, 4.69) is 68.8 Å². The van der Waals surface area contributed by atoms with Crippen LogP contribution in [0.3, 0.4) is 0 Å². The molecule has 0 aliphatic carbocycles. The summed E-state index contributed by atoms with van der Waals surface area (Å²) < 4.78 is 7.03. The highest BCUT2D eigenvalue weighted by Crippen LogP contribution is 2.28. The quantitative estimate of drug-likeness (QED) is 0.398. The summed E-state index contributed by atoms with van der Waals surface area (Å²) in [4.78, 5) is 24.1. The van der Waals surface area contributed by atoms with E-state index in [-0.39, 0.29) is 23.0 Å². The minimum absolute atomic E-state index is 0.00695. The minimum atomic E-state index is -0.457. The second-order valence-corrected chi connectivity index (χ2v) is 9.33. The predicted octanol–water partition coefficient (Wildman–Crippen LogP) is 4.22. The van der Waals surface area contributed by atoms with Gasteiger partial charge >= 0.3 is 0 Å². The minimum Gasteiger partial charge on any atom is -0.483 e. The number of carbonyl (C=O) groups excluding carboxylic acids is 2. The van der Waals surface area contributed by atoms with Gasteiger partial charge in [-0.25, -0.2) is 0 Å². The first-order chi connectivity index (χ1) is 13.6. The molecule has 6 nitrogen and oxygen atoms in total. The number of nitrogens with one attached hydrogen (secondary N) is 3. The van der Waals surface area contributed by atoms with Gasteiger partial charge in [0, 0.05) is 10.0 Å². The lowest BCUT2D eigenvalue weighted by Gasteiger charge is -2.19. The standard InChI is InChI=1S/C20H21Br2N3O3S/c1-20(2,3)13-6-4-12(5-7-13)18(27)24-25-19(29)23-17(26)11-28-16-9-8-14(21)10-15(16)22/h4-10H,11H2,1-3H3,(H,24,27)(H2,23,25,26,29). The van der Waals surface area contributed by atoms with Gasteiger partial charge in [-0.15, -0.1) is 0 Å². The number of ether oxygens (including phenoxy) is 1. The average Bonchev–Trinajstić information content (AvgIpc) is 2.65. The largest absolute Gasteiger partial charge is 0.483 e. The Balaban J connectivity index is 1.78. The van der Waals surface area contributed by atoms with E-state index in [4.69, 9.17) is 17.0 Å². The fraction of sp³-hybridized carbons (Fsp3) is 0.250. The Bertz CT molecular complexity index is 912. The van der Waals surface area contributed by atoms with E-state index in [1.54, 1.807) is 24.3 Å². The van der Waals surface area contributed by atoms with Crippen LogP contribution in [-0.2, 0) is 10.2 Å². The smallest absolute Gasteiger partial charge is 0.269 e. The number of halogens is 2. The second kappa shape index (κ2) is 10.2. The molecular formula is C20H21Br2N3O3S. The van der Waals surface area contributed by atoms with Crippen molar-refractivity contribution >= 4 is 61.0 Å². The van der Waals surface area contributed by atoms with Crippen LogP contribution in [0.15, 0.2) is 51.4 Å². The normalized spacial score (nSPS) is 10.8. The van der Waals surface area contributed by atoms with E-state index < -0.39 is 5.91 Å². The lowest BCUT2D eigenvalue weighted by Crippen LogP contribution is -2.49. The van der Waals surface area contributed by atoms with Crippen LogP contribution in [0.1, 0.15) is 36.7 Å². The van der Waals surface area contributed by atoms with Crippen molar-refractivity contribution in [3.05, 3.63) is 62.5 Å². The SMILES string of the molecule is CC(C)(C)c1ccc(C(=O)NNC(=S)NC(=O)COc2ccc(Br)cc2Br)cc1. The Kier molecular flexibility index (Phi) is 8.18. The monoisotopic (exact) mass is 541 g/mol. The molecule has 0 fully saturated rings. The summed E-state index contributed by atoms with van der Waals surface area (Å²) in [6.07, 6.45) is 0. The van der Waals surface area contributed by atoms with Crippen LogP contribution in [0.2, 0.25) is 0 Å². The number of amides is 2. The maximum Gasteiger partial charge on any atom is 0.269 e. The summed E-state index contributed by atoms with van der Waals surface area (Å²) in [6.45, 7) is 6.07. The number of carbonyl (C=O) groups is 2. The first-order valence-corrected chi connectivity index (χ1v) is 10.6. The topological polar surface area (TPSA) is 79.5 Å². The van der Waals surface area contributed by atoms with E-state index in [1.165, 1.54) is 0 Å². The van der Waals surface area contributed by atoms with Crippen LogP contribution >= 0.6 is 44.1 Å². The molecule has 29 heavy (non-hydrogen) atoms. The zero-order chi connectivity index (χ0) is 21.6. The zero-order valence-electron chi connectivity index (χ0n) is 16.1. The van der Waals surface area contributed by atoms with Crippen molar-refractivity contribution in [3.63, 3.8) is 0 Å². The van der Waals surface area contributed by atoms with E-state index >= 15 is 0 Å². The van der Waals surface area contributed by atoms with Crippen LogP contribution in [-0.4, -0.2) is 23.5 Å². The third-order valence-corrected chi connectivity index (χ3v) is 5.13. The number of hydrogen-bond acceptors (Lipinski definition) is 4. The van der Waals surface area contributed by atoms with Crippen molar-refractivity contribution in [3.8, 4) is 5.75 Å². The Morgan fingerprint density at radius 2 is 1.69 bits per heavy atom.